The zero-order valence-electron chi connectivity index (χ0n) is 10.8. The smallest absolute Gasteiger partial charge is 0.337 e. The van der Waals surface area contributed by atoms with Crippen LogP contribution in [0.4, 0.5) is 5.69 Å². The van der Waals surface area contributed by atoms with Crippen LogP contribution in [0.3, 0.4) is 0 Å². The number of piperazine rings is 1. The lowest BCUT2D eigenvalue weighted by atomic mass is 10.1. The van der Waals surface area contributed by atoms with Crippen LogP contribution in [0.15, 0.2) is 24.3 Å². The van der Waals surface area contributed by atoms with E-state index in [9.17, 15) is 19.5 Å². The number of amides is 2. The number of hydrogen-bond donors (Lipinski definition) is 2. The molecule has 0 saturated carbocycles. The molecule has 0 radical (unpaired) electrons. The monoisotopic (exact) mass is 278 g/mol. The van der Waals surface area contributed by atoms with Crippen molar-refractivity contribution in [3.63, 3.8) is 0 Å². The van der Waals surface area contributed by atoms with Gasteiger partial charge in [0.2, 0.25) is 11.8 Å². The minimum Gasteiger partial charge on any atom is -0.479 e. The van der Waals surface area contributed by atoms with Gasteiger partial charge in [0.1, 0.15) is 0 Å². The van der Waals surface area contributed by atoms with Crippen molar-refractivity contribution >= 4 is 23.5 Å². The van der Waals surface area contributed by atoms with E-state index in [1.807, 2.05) is 0 Å². The van der Waals surface area contributed by atoms with Gasteiger partial charge in [-0.15, -0.1) is 0 Å². The lowest BCUT2D eigenvalue weighted by Crippen LogP contribution is -2.52. The van der Waals surface area contributed by atoms with Gasteiger partial charge in [0.25, 0.3) is 0 Å². The van der Waals surface area contributed by atoms with Gasteiger partial charge in [-0.05, 0) is 17.7 Å². The molecule has 1 heterocycles. The van der Waals surface area contributed by atoms with Crippen LogP contribution >= 0.6 is 0 Å². The number of aliphatic hydroxyl groups is 1. The standard InChI is InChI=1S/C13H14N2O5/c1-14-10(16)6-15(7-11(14)17)9-4-2-3-8(5-9)12(18)13(19)20/h2-5,12,18H,6-7H2,1H3,(H,19,20). The highest BCUT2D eigenvalue weighted by Crippen LogP contribution is 2.22. The fourth-order valence-electron chi connectivity index (χ4n) is 1.95. The molecule has 0 aromatic heterocycles. The summed E-state index contributed by atoms with van der Waals surface area (Å²) < 4.78 is 0. The quantitative estimate of drug-likeness (QED) is 0.731. The number of imide groups is 1. The number of carbonyl (C=O) groups is 3. The van der Waals surface area contributed by atoms with Gasteiger partial charge >= 0.3 is 5.97 Å². The van der Waals surface area contributed by atoms with E-state index >= 15 is 0 Å². The minimum atomic E-state index is -1.63. The van der Waals surface area contributed by atoms with Crippen LogP contribution in [-0.4, -0.2) is 53.0 Å². The van der Waals surface area contributed by atoms with E-state index in [1.165, 1.54) is 19.2 Å². The van der Waals surface area contributed by atoms with E-state index in [4.69, 9.17) is 5.11 Å². The SMILES string of the molecule is CN1C(=O)CN(c2cccc(C(O)C(=O)O)c2)CC1=O. The predicted octanol–water partition coefficient (Wildman–Crippen LogP) is -0.390. The number of aliphatic hydroxyl groups excluding tert-OH is 1. The Morgan fingerprint density at radius 1 is 1.25 bits per heavy atom. The Kier molecular flexibility index (Phi) is 3.71. The van der Waals surface area contributed by atoms with Crippen LogP contribution in [0.25, 0.3) is 0 Å². The average Bonchev–Trinajstić information content (AvgIpc) is 2.43. The number of aliphatic carboxylic acids is 1. The summed E-state index contributed by atoms with van der Waals surface area (Å²) in [6.45, 7) is 0.0731. The number of hydrogen-bond acceptors (Lipinski definition) is 5. The largest absolute Gasteiger partial charge is 0.479 e. The highest BCUT2D eigenvalue weighted by molar-refractivity contribution is 6.02. The molecule has 1 unspecified atom stereocenters. The molecule has 1 aliphatic rings. The van der Waals surface area contributed by atoms with Crippen LogP contribution in [-0.2, 0) is 14.4 Å². The van der Waals surface area contributed by atoms with Crippen LogP contribution in [0.1, 0.15) is 11.7 Å². The van der Waals surface area contributed by atoms with Gasteiger partial charge in [-0.1, -0.05) is 12.1 Å². The first kappa shape index (κ1) is 14.0. The van der Waals surface area contributed by atoms with E-state index in [1.54, 1.807) is 17.0 Å². The van der Waals surface area contributed by atoms with Crippen molar-refractivity contribution in [1.82, 2.24) is 4.90 Å². The molecule has 2 amide bonds. The number of anilines is 1. The molecular weight excluding hydrogens is 264 g/mol. The van der Waals surface area contributed by atoms with Crippen molar-refractivity contribution < 1.29 is 24.6 Å². The summed E-state index contributed by atoms with van der Waals surface area (Å²) in [4.78, 5) is 36.6. The third-order valence-electron chi connectivity index (χ3n) is 3.19. The summed E-state index contributed by atoms with van der Waals surface area (Å²) in [6.07, 6.45) is -1.63. The first-order valence-corrected chi connectivity index (χ1v) is 5.95. The second kappa shape index (κ2) is 5.30. The maximum absolute atomic E-state index is 11.6. The molecule has 1 atom stereocenters. The topological polar surface area (TPSA) is 98.2 Å². The molecule has 20 heavy (non-hydrogen) atoms. The van der Waals surface area contributed by atoms with Crippen molar-refractivity contribution in [2.75, 3.05) is 25.0 Å². The van der Waals surface area contributed by atoms with Gasteiger partial charge in [-0.2, -0.15) is 0 Å². The van der Waals surface area contributed by atoms with Crippen LogP contribution < -0.4 is 4.90 Å². The van der Waals surface area contributed by atoms with Crippen LogP contribution in [0, 0.1) is 0 Å². The first-order valence-electron chi connectivity index (χ1n) is 5.95. The van der Waals surface area contributed by atoms with Crippen molar-refractivity contribution in [3.05, 3.63) is 29.8 Å². The third kappa shape index (κ3) is 2.62. The fraction of sp³-hybridized carbons (Fsp3) is 0.308. The lowest BCUT2D eigenvalue weighted by molar-refractivity contribution is -0.147. The summed E-state index contributed by atoms with van der Waals surface area (Å²) in [7, 11) is 1.42. The molecule has 1 aromatic rings. The molecule has 2 rings (SSSR count). The molecule has 0 spiro atoms. The number of carboxylic acid groups (broad SMARTS) is 1. The summed E-state index contributed by atoms with van der Waals surface area (Å²) in [5.74, 6) is -2.01. The number of likely N-dealkylation sites (N-methyl/N-ethyl adjacent to an activating group) is 1. The Labute approximate surface area is 115 Å². The Hall–Kier alpha value is -2.41. The lowest BCUT2D eigenvalue weighted by Gasteiger charge is -2.32. The zero-order valence-corrected chi connectivity index (χ0v) is 10.8. The first-order chi connectivity index (χ1) is 9.40. The molecule has 1 aliphatic heterocycles. The minimum absolute atomic E-state index is 0.0366. The number of benzene rings is 1. The highest BCUT2D eigenvalue weighted by Gasteiger charge is 2.28. The molecule has 2 N–H and O–H groups in total. The normalized spacial score (nSPS) is 17.3. The van der Waals surface area contributed by atoms with E-state index in [2.05, 4.69) is 0 Å². The molecule has 1 saturated heterocycles. The molecular formula is C13H14N2O5. The van der Waals surface area contributed by atoms with Gasteiger partial charge in [0.05, 0.1) is 13.1 Å². The summed E-state index contributed by atoms with van der Waals surface area (Å²) in [6, 6.07) is 6.17. The molecule has 7 heteroatoms. The van der Waals surface area contributed by atoms with Crippen LogP contribution in [0.2, 0.25) is 0 Å². The van der Waals surface area contributed by atoms with Crippen molar-refractivity contribution in [2.45, 2.75) is 6.10 Å². The second-order valence-electron chi connectivity index (χ2n) is 4.54. The number of rotatable bonds is 3. The molecule has 1 aromatic carbocycles. The average molecular weight is 278 g/mol. The van der Waals surface area contributed by atoms with E-state index in [0.717, 1.165) is 4.90 Å². The summed E-state index contributed by atoms with van der Waals surface area (Å²) in [5.41, 5.74) is 0.728. The van der Waals surface area contributed by atoms with Crippen molar-refractivity contribution in [2.24, 2.45) is 0 Å². The predicted molar refractivity (Wildman–Crippen MR) is 69.0 cm³/mol. The summed E-state index contributed by atoms with van der Waals surface area (Å²) >= 11 is 0. The molecule has 0 bridgehead atoms. The Morgan fingerprint density at radius 3 is 2.40 bits per heavy atom. The maximum atomic E-state index is 11.6. The summed E-state index contributed by atoms with van der Waals surface area (Å²) in [5, 5.41) is 18.3. The van der Waals surface area contributed by atoms with E-state index in [0.29, 0.717) is 5.69 Å². The number of carbonyl (C=O) groups excluding carboxylic acids is 2. The molecule has 106 valence electrons. The second-order valence-corrected chi connectivity index (χ2v) is 4.54. The zero-order chi connectivity index (χ0) is 14.9. The molecule has 0 aliphatic carbocycles. The third-order valence-corrected chi connectivity index (χ3v) is 3.19. The Balaban J connectivity index is 2.25. The van der Waals surface area contributed by atoms with Crippen molar-refractivity contribution in [3.8, 4) is 0 Å². The van der Waals surface area contributed by atoms with Gasteiger partial charge in [-0.3, -0.25) is 14.5 Å². The Bertz CT molecular complexity index is 554. The van der Waals surface area contributed by atoms with Gasteiger partial charge in [-0.25, -0.2) is 4.79 Å². The number of carboxylic acids is 1. The van der Waals surface area contributed by atoms with Crippen LogP contribution in [0.5, 0.6) is 0 Å². The van der Waals surface area contributed by atoms with Crippen molar-refractivity contribution in [1.29, 1.82) is 0 Å². The Morgan fingerprint density at radius 2 is 1.85 bits per heavy atom. The van der Waals surface area contributed by atoms with Gasteiger partial charge < -0.3 is 15.1 Å². The fourth-order valence-corrected chi connectivity index (χ4v) is 1.95. The highest BCUT2D eigenvalue weighted by atomic mass is 16.4. The molecule has 1 fully saturated rings. The maximum Gasteiger partial charge on any atom is 0.337 e. The van der Waals surface area contributed by atoms with E-state index < -0.39 is 12.1 Å². The van der Waals surface area contributed by atoms with E-state index in [-0.39, 0.29) is 30.5 Å². The number of nitrogens with zero attached hydrogens (tertiary/aromatic N) is 2. The van der Waals surface area contributed by atoms with Gasteiger partial charge in [0, 0.05) is 12.7 Å². The molecule has 7 nitrogen and oxygen atoms in total. The van der Waals surface area contributed by atoms with Gasteiger partial charge in [0.15, 0.2) is 6.10 Å².